The molecule has 7 rings (SSSR count). The number of H-pyrrole nitrogens is 1. The Morgan fingerprint density at radius 2 is 1.42 bits per heavy atom. The first-order valence-corrected chi connectivity index (χ1v) is 43.6. The molecule has 4 aromatic heterocycles. The summed E-state index contributed by atoms with van der Waals surface area (Å²) in [6.45, 7) is 23.5. The number of hydrogen-bond donors (Lipinski definition) is 9. The number of carbonyl (C=O) groups is 5. The molecule has 0 spiro atoms. The van der Waals surface area contributed by atoms with Crippen LogP contribution in [0.15, 0.2) is 84.1 Å². The van der Waals surface area contributed by atoms with Crippen LogP contribution in [0.5, 0.6) is 0 Å². The van der Waals surface area contributed by atoms with Crippen LogP contribution in [0.25, 0.3) is 33.3 Å². The number of Topliss-reactive ketones (excluding diaryl/α,β-unsaturated/α-hetero) is 1. The summed E-state index contributed by atoms with van der Waals surface area (Å²) in [6.07, 6.45) is 13.6. The number of nitrogens with two attached hydrogens (primary N) is 2. The quantitative estimate of drug-likeness (QED) is 0.00427. The first kappa shape index (κ1) is 102. The average Bonchev–Trinajstić information content (AvgIpc) is 1.76. The number of likely N-dealkylation sites (tertiary alicyclic amines) is 1. The van der Waals surface area contributed by atoms with Crippen molar-refractivity contribution < 1.29 is 111 Å². The number of fused-ring (bicyclic) bond motifs is 2. The third-order valence-corrected chi connectivity index (χ3v) is 22.5. The number of piperidine rings is 1. The number of amides is 3. The molecule has 4 aromatic rings. The molecule has 3 amide bonds. The zero-order valence-electron chi connectivity index (χ0n) is 73.9. The summed E-state index contributed by atoms with van der Waals surface area (Å²) < 4.78 is 76.3. The molecule has 2 saturated heterocycles. The molecule has 0 unspecified atom stereocenters. The number of nitrogens with one attached hydrogen (secondary N) is 3. The molecule has 0 bridgehead atoms. The highest BCUT2D eigenvalue weighted by atomic mass is 16.6. The maximum absolute atomic E-state index is 14.7. The highest BCUT2D eigenvalue weighted by Crippen LogP contribution is 2.38. The number of aromatic amines is 1. The molecule has 35 nitrogen and oxygen atoms in total. The molecule has 1 aliphatic carbocycles. The van der Waals surface area contributed by atoms with Gasteiger partial charge >= 0.3 is 5.97 Å². The number of pyridine rings is 1. The number of anilines is 1. The summed E-state index contributed by atoms with van der Waals surface area (Å²) in [5, 5.41) is 63.4. The second kappa shape index (κ2) is 55.7. The Balaban J connectivity index is 0.720. The standard InChI is InChI=1S/C88H140N12O23/c1-12-13-14-19-59(4)72(110-9)53-67-23-21-63(8)88(109,123-67)82(106)86(107)99-30-17-15-20-69(99)87(108)122-73(68(89)50-64-22-24-70(101)74(51-64)111-10)54-71(102)60(5)49-62(7)80(105)81(112-11)78(61(6)48-58(2)3)98-121-56-76(104)92-29-33-114-35-37-116-39-41-118-43-45-120-47-46-119-44-42-117-40-38-115-36-34-113-32-26-75(103)91-27-16-18-31-100-85-77(83(90)95-57-96-85)79(97-100)66-52-65-25-28-93-84(65)94-55-66/h12-14,19,25,28,49,52,55,57-58,60-61,63-64,67-74,80-81,101-102,105,109H,1,15-18,20-24,26-27,29-48,50-51,53-54,56,89H2,2-11H3,(H,91,103)(H,92,104)(H,93,94)(H2,90,95,96)/b14-13+,59-19+,62-49+,98-78+/t60-,61-,63-,64+,67+,68-,69+,70-,71-,72+,73+,74-,80-,81+,88-/m1/s1. The normalized spacial score (nSPS) is 21.4. The van der Waals surface area contributed by atoms with E-state index in [4.69, 9.17) is 83.0 Å². The van der Waals surface area contributed by atoms with Gasteiger partial charge in [0, 0.05) is 114 Å². The number of hydrogen-bond acceptors (Lipinski definition) is 30. The van der Waals surface area contributed by atoms with Crippen LogP contribution in [0.3, 0.4) is 0 Å². The molecule has 11 N–H and O–H groups in total. The summed E-state index contributed by atoms with van der Waals surface area (Å²) >= 11 is 0. The molecule has 15 atom stereocenters. The SMILES string of the molecule is C=C/C=C/C=C(\C)[C@H](C[C@@H]1CC[C@@H](C)[C@](O)(C(=O)C(=O)N2CCCC[C@H]2C(=O)O[C@@H](C[C@@H](O)[C@H](C)/C=C(\C)[C@@H](O)[C@@H](OC)/C(=N/OCC(=O)NCCOCCOCCOCCOCCOCCOCCOCCOCCC(=O)NCCCCn2nc(-c3cnc4[nH]ccc4c3)c3c(N)ncnc32)[C@H](C)CC(C)C)[C@H](N)C[C@@H]2CC[C@@H](O)[C@H](OC)C2)O1)OC. The van der Waals surface area contributed by atoms with Gasteiger partial charge in [0.15, 0.2) is 12.3 Å². The third-order valence-electron chi connectivity index (χ3n) is 22.5. The van der Waals surface area contributed by atoms with Gasteiger partial charge in [-0.2, -0.15) is 5.10 Å². The number of nitrogens with zero attached hydrogens (tertiary/aromatic N) is 7. The predicted octanol–water partition coefficient (Wildman–Crippen LogP) is 6.60. The van der Waals surface area contributed by atoms with Crippen LogP contribution >= 0.6 is 0 Å². The number of aryl methyl sites for hydroxylation is 1. The van der Waals surface area contributed by atoms with Gasteiger partial charge in [-0.25, -0.2) is 24.4 Å². The zero-order valence-corrected chi connectivity index (χ0v) is 73.9. The largest absolute Gasteiger partial charge is 0.459 e. The summed E-state index contributed by atoms with van der Waals surface area (Å²) in [7, 11) is 4.54. The first-order chi connectivity index (χ1) is 59.3. The number of rotatable bonds is 61. The highest BCUT2D eigenvalue weighted by Gasteiger charge is 2.53. The zero-order chi connectivity index (χ0) is 89.1. The van der Waals surface area contributed by atoms with E-state index in [0.717, 1.165) is 39.9 Å². The molecule has 35 heteroatoms. The van der Waals surface area contributed by atoms with Gasteiger partial charge in [0.25, 0.3) is 17.6 Å². The average molecular weight is 1730 g/mol. The van der Waals surface area contributed by atoms with Crippen molar-refractivity contribution in [1.29, 1.82) is 0 Å². The Bertz CT molecular complexity index is 3940. The van der Waals surface area contributed by atoms with Crippen molar-refractivity contribution in [3.05, 3.63) is 79.0 Å². The van der Waals surface area contributed by atoms with Crippen molar-refractivity contribution >= 4 is 63.1 Å². The van der Waals surface area contributed by atoms with Gasteiger partial charge in [-0.15, -0.1) is 0 Å². The smallest absolute Gasteiger partial charge is 0.329 e. The number of oxime groups is 1. The van der Waals surface area contributed by atoms with Crippen LogP contribution in [0.2, 0.25) is 0 Å². The molecule has 3 fully saturated rings. The Morgan fingerprint density at radius 3 is 2.06 bits per heavy atom. The number of aliphatic hydroxyl groups excluding tert-OH is 3. The molecular weight excluding hydrogens is 1590 g/mol. The fraction of sp³-hybridized carbons (Fsp3) is 0.705. The fourth-order valence-electron chi connectivity index (χ4n) is 15.5. The summed E-state index contributed by atoms with van der Waals surface area (Å²) in [6, 6.07) is 1.90. The van der Waals surface area contributed by atoms with Crippen molar-refractivity contribution in [1.82, 2.24) is 45.2 Å². The predicted molar refractivity (Wildman–Crippen MR) is 461 cm³/mol. The van der Waals surface area contributed by atoms with E-state index in [0.29, 0.717) is 204 Å². The van der Waals surface area contributed by atoms with E-state index in [1.807, 2.05) is 62.9 Å². The lowest BCUT2D eigenvalue weighted by Crippen LogP contribution is -2.61. The number of aromatic nitrogens is 6. The lowest BCUT2D eigenvalue weighted by molar-refractivity contribution is -0.265. The van der Waals surface area contributed by atoms with Gasteiger partial charge in [0.1, 0.15) is 47.8 Å². The Labute approximate surface area is 723 Å². The Kier molecular flexibility index (Phi) is 46.4. The number of ether oxygens (including phenoxy) is 13. The third kappa shape index (κ3) is 33.9. The maximum atomic E-state index is 14.7. The minimum absolute atomic E-state index is 0.0315. The van der Waals surface area contributed by atoms with Crippen LogP contribution in [-0.2, 0) is 96.9 Å². The molecule has 1 saturated carbocycles. The maximum Gasteiger partial charge on any atom is 0.329 e. The molecule has 690 valence electrons. The molecule has 6 heterocycles. The lowest BCUT2D eigenvalue weighted by atomic mass is 9.80. The monoisotopic (exact) mass is 1730 g/mol. The molecular formula is C88H140N12O23. The number of unbranched alkanes of at least 4 members (excludes halogenated alkanes) is 1. The summed E-state index contributed by atoms with van der Waals surface area (Å²) in [4.78, 5) is 91.9. The van der Waals surface area contributed by atoms with Gasteiger partial charge in [-0.1, -0.05) is 76.7 Å². The molecule has 0 aromatic carbocycles. The van der Waals surface area contributed by atoms with Crippen LogP contribution in [-0.4, -0.2) is 310 Å². The lowest BCUT2D eigenvalue weighted by Gasteiger charge is -2.42. The molecule has 3 aliphatic rings. The topological polar surface area (TPSA) is 459 Å². The van der Waals surface area contributed by atoms with Crippen molar-refractivity contribution in [2.75, 3.05) is 159 Å². The fourth-order valence-corrected chi connectivity index (χ4v) is 15.5. The van der Waals surface area contributed by atoms with E-state index >= 15 is 0 Å². The van der Waals surface area contributed by atoms with E-state index in [1.165, 1.54) is 20.5 Å². The Morgan fingerprint density at radius 1 is 0.772 bits per heavy atom. The van der Waals surface area contributed by atoms with E-state index in [2.05, 4.69) is 42.3 Å². The number of methoxy groups -OCH3 is 3. The summed E-state index contributed by atoms with van der Waals surface area (Å²) in [5.74, 6) is -7.24. The number of ketones is 1. The van der Waals surface area contributed by atoms with Crippen molar-refractivity contribution in [2.24, 2.45) is 40.5 Å². The van der Waals surface area contributed by atoms with Gasteiger partial charge in [-0.05, 0) is 126 Å². The van der Waals surface area contributed by atoms with E-state index in [9.17, 15) is 44.4 Å². The van der Waals surface area contributed by atoms with Crippen molar-refractivity contribution in [3.8, 4) is 11.3 Å². The van der Waals surface area contributed by atoms with Crippen molar-refractivity contribution in [2.45, 2.75) is 218 Å². The van der Waals surface area contributed by atoms with Gasteiger partial charge in [0.05, 0.1) is 147 Å². The van der Waals surface area contributed by atoms with Crippen LogP contribution in [0.1, 0.15) is 145 Å². The molecule has 123 heavy (non-hydrogen) atoms. The minimum Gasteiger partial charge on any atom is -0.459 e. The van der Waals surface area contributed by atoms with E-state index < -0.39 is 109 Å². The first-order valence-electron chi connectivity index (χ1n) is 43.6. The van der Waals surface area contributed by atoms with Gasteiger partial charge in [-0.3, -0.25) is 19.2 Å². The van der Waals surface area contributed by atoms with Gasteiger partial charge in [0.2, 0.25) is 11.7 Å². The second-order valence-electron chi connectivity index (χ2n) is 32.4. The molecule has 0 radical (unpaired) electrons. The number of esters is 1. The van der Waals surface area contributed by atoms with Gasteiger partial charge < -0.3 is 119 Å². The summed E-state index contributed by atoms with van der Waals surface area (Å²) in [5.41, 5.74) is 17.9. The van der Waals surface area contributed by atoms with Crippen LogP contribution in [0.4, 0.5) is 5.82 Å². The minimum atomic E-state index is -2.48. The Hall–Kier alpha value is -7.66. The van der Waals surface area contributed by atoms with Crippen LogP contribution in [0, 0.1) is 29.6 Å². The van der Waals surface area contributed by atoms with E-state index in [-0.39, 0.29) is 69.2 Å². The highest BCUT2D eigenvalue weighted by molar-refractivity contribution is 6.39. The van der Waals surface area contributed by atoms with Crippen LogP contribution < -0.4 is 22.1 Å². The van der Waals surface area contributed by atoms with Crippen molar-refractivity contribution in [3.63, 3.8) is 0 Å². The number of allylic oxidation sites excluding steroid dienone is 4. The number of carbonyl (C=O) groups excluding carboxylic acids is 5. The number of nitrogen functional groups attached to an aromatic ring is 1. The number of aliphatic hydroxyl groups is 4. The van der Waals surface area contributed by atoms with E-state index in [1.54, 1.807) is 52.3 Å². The molecule has 2 aliphatic heterocycles. The second-order valence-corrected chi connectivity index (χ2v) is 32.4.